The number of ether oxygens (including phenoxy) is 1. The van der Waals surface area contributed by atoms with Gasteiger partial charge in [-0.3, -0.25) is 0 Å². The molecule has 1 fully saturated rings. The van der Waals surface area contributed by atoms with E-state index in [-0.39, 0.29) is 6.10 Å². The number of halogens is 1. The van der Waals surface area contributed by atoms with E-state index in [0.29, 0.717) is 0 Å². The lowest BCUT2D eigenvalue weighted by molar-refractivity contribution is 0.0296. The van der Waals surface area contributed by atoms with Gasteiger partial charge in [-0.05, 0) is 49.4 Å². The van der Waals surface area contributed by atoms with Gasteiger partial charge in [0.1, 0.15) is 0 Å². The third-order valence-electron chi connectivity index (χ3n) is 4.01. The van der Waals surface area contributed by atoms with Gasteiger partial charge in [-0.2, -0.15) is 0 Å². The largest absolute Gasteiger partial charge is 0.372 e. The number of hydrogen-bond acceptors (Lipinski definition) is 2. The highest BCUT2D eigenvalue weighted by molar-refractivity contribution is 6.30. The second-order valence-electron chi connectivity index (χ2n) is 5.73. The lowest BCUT2D eigenvalue weighted by atomic mass is 10.1. The predicted molar refractivity (Wildman–Crippen MR) is 85.3 cm³/mol. The molecule has 1 aliphatic rings. The SMILES string of the molecule is CCCNCC(OCC1CCCC1)c1ccc(Cl)cc1. The first-order valence-electron chi connectivity index (χ1n) is 7.87. The molecule has 0 radical (unpaired) electrons. The molecule has 1 unspecified atom stereocenters. The molecule has 0 spiro atoms. The molecule has 1 atom stereocenters. The van der Waals surface area contributed by atoms with Crippen LogP contribution in [0.15, 0.2) is 24.3 Å². The molecule has 0 amide bonds. The van der Waals surface area contributed by atoms with Gasteiger partial charge in [0.25, 0.3) is 0 Å². The second-order valence-corrected chi connectivity index (χ2v) is 6.16. The van der Waals surface area contributed by atoms with Crippen LogP contribution >= 0.6 is 11.6 Å². The molecule has 112 valence electrons. The van der Waals surface area contributed by atoms with Crippen molar-refractivity contribution in [2.24, 2.45) is 5.92 Å². The Balaban J connectivity index is 1.90. The van der Waals surface area contributed by atoms with Crippen molar-refractivity contribution in [1.82, 2.24) is 5.32 Å². The van der Waals surface area contributed by atoms with E-state index in [2.05, 4.69) is 24.4 Å². The monoisotopic (exact) mass is 295 g/mol. The molecular weight excluding hydrogens is 270 g/mol. The summed E-state index contributed by atoms with van der Waals surface area (Å²) in [5.74, 6) is 0.760. The Kier molecular flexibility index (Phi) is 6.85. The van der Waals surface area contributed by atoms with Gasteiger partial charge in [0.05, 0.1) is 12.7 Å². The van der Waals surface area contributed by atoms with E-state index in [1.165, 1.54) is 31.2 Å². The maximum Gasteiger partial charge on any atom is 0.0949 e. The summed E-state index contributed by atoms with van der Waals surface area (Å²) in [5, 5.41) is 4.25. The van der Waals surface area contributed by atoms with Crippen molar-refractivity contribution < 1.29 is 4.74 Å². The van der Waals surface area contributed by atoms with Gasteiger partial charge >= 0.3 is 0 Å². The quantitative estimate of drug-likeness (QED) is 0.708. The van der Waals surface area contributed by atoms with Crippen LogP contribution in [0.25, 0.3) is 0 Å². The summed E-state index contributed by atoms with van der Waals surface area (Å²) >= 11 is 5.97. The summed E-state index contributed by atoms with van der Waals surface area (Å²) in [6, 6.07) is 8.05. The molecule has 1 aromatic rings. The van der Waals surface area contributed by atoms with Crippen LogP contribution in [0, 0.1) is 5.92 Å². The zero-order chi connectivity index (χ0) is 14.2. The number of rotatable bonds is 8. The smallest absolute Gasteiger partial charge is 0.0949 e. The maximum absolute atomic E-state index is 6.19. The van der Waals surface area contributed by atoms with E-state index >= 15 is 0 Å². The maximum atomic E-state index is 6.19. The van der Waals surface area contributed by atoms with Gasteiger partial charge in [-0.15, -0.1) is 0 Å². The van der Waals surface area contributed by atoms with Crippen LogP contribution in [-0.4, -0.2) is 19.7 Å². The highest BCUT2D eigenvalue weighted by atomic mass is 35.5. The summed E-state index contributed by atoms with van der Waals surface area (Å²) in [5.41, 5.74) is 1.22. The van der Waals surface area contributed by atoms with E-state index in [9.17, 15) is 0 Å². The first kappa shape index (κ1) is 15.8. The Morgan fingerprint density at radius 3 is 2.60 bits per heavy atom. The van der Waals surface area contributed by atoms with Gasteiger partial charge < -0.3 is 10.1 Å². The minimum atomic E-state index is 0.138. The normalized spacial score (nSPS) is 17.5. The van der Waals surface area contributed by atoms with Crippen LogP contribution in [0.4, 0.5) is 0 Å². The summed E-state index contributed by atoms with van der Waals surface area (Å²) in [7, 11) is 0. The molecule has 0 aliphatic heterocycles. The van der Waals surface area contributed by atoms with Gasteiger partial charge in [0.2, 0.25) is 0 Å². The minimum absolute atomic E-state index is 0.138. The molecule has 3 heteroatoms. The molecular formula is C17H26ClNO. The molecule has 1 N–H and O–H groups in total. The van der Waals surface area contributed by atoms with Crippen molar-refractivity contribution in [3.8, 4) is 0 Å². The topological polar surface area (TPSA) is 21.3 Å². The molecule has 0 aromatic heterocycles. The van der Waals surface area contributed by atoms with E-state index < -0.39 is 0 Å². The van der Waals surface area contributed by atoms with Gasteiger partial charge in [-0.1, -0.05) is 43.5 Å². The van der Waals surface area contributed by atoms with Crippen LogP contribution in [0.2, 0.25) is 5.02 Å². The van der Waals surface area contributed by atoms with E-state index in [1.807, 2.05) is 12.1 Å². The average molecular weight is 296 g/mol. The summed E-state index contributed by atoms with van der Waals surface area (Å²) in [4.78, 5) is 0. The second kappa shape index (κ2) is 8.66. The molecule has 0 bridgehead atoms. The fraction of sp³-hybridized carbons (Fsp3) is 0.647. The fourth-order valence-electron chi connectivity index (χ4n) is 2.79. The molecule has 1 saturated carbocycles. The van der Waals surface area contributed by atoms with Crippen molar-refractivity contribution in [2.45, 2.75) is 45.1 Å². The highest BCUT2D eigenvalue weighted by Crippen LogP contribution is 2.27. The molecule has 2 nitrogen and oxygen atoms in total. The van der Waals surface area contributed by atoms with Crippen molar-refractivity contribution >= 4 is 11.6 Å². The summed E-state index contributed by atoms with van der Waals surface area (Å²) in [6.45, 7) is 4.99. The lowest BCUT2D eigenvalue weighted by Gasteiger charge is -2.21. The van der Waals surface area contributed by atoms with Crippen LogP contribution in [0.5, 0.6) is 0 Å². The Labute approximate surface area is 127 Å². The number of benzene rings is 1. The number of nitrogens with one attached hydrogen (secondary N) is 1. The zero-order valence-corrected chi connectivity index (χ0v) is 13.2. The average Bonchev–Trinajstić information content (AvgIpc) is 2.97. The Morgan fingerprint density at radius 1 is 1.25 bits per heavy atom. The van der Waals surface area contributed by atoms with Gasteiger partial charge in [0.15, 0.2) is 0 Å². The summed E-state index contributed by atoms with van der Waals surface area (Å²) < 4.78 is 6.19. The third kappa shape index (κ3) is 5.08. The van der Waals surface area contributed by atoms with Crippen molar-refractivity contribution in [1.29, 1.82) is 0 Å². The van der Waals surface area contributed by atoms with Crippen molar-refractivity contribution in [2.75, 3.05) is 19.7 Å². The van der Waals surface area contributed by atoms with Crippen LogP contribution in [-0.2, 0) is 4.74 Å². The third-order valence-corrected chi connectivity index (χ3v) is 4.26. The Bertz CT molecular complexity index is 373. The highest BCUT2D eigenvalue weighted by Gasteiger charge is 2.18. The van der Waals surface area contributed by atoms with Gasteiger partial charge in [0, 0.05) is 11.6 Å². The van der Waals surface area contributed by atoms with E-state index in [0.717, 1.165) is 37.1 Å². The van der Waals surface area contributed by atoms with E-state index in [4.69, 9.17) is 16.3 Å². The Hall–Kier alpha value is -0.570. The molecule has 1 aromatic carbocycles. The van der Waals surface area contributed by atoms with Gasteiger partial charge in [-0.25, -0.2) is 0 Å². The zero-order valence-electron chi connectivity index (χ0n) is 12.4. The minimum Gasteiger partial charge on any atom is -0.372 e. The number of hydrogen-bond donors (Lipinski definition) is 1. The standard InChI is InChI=1S/C17H26ClNO/c1-2-11-19-12-17(15-7-9-16(18)10-8-15)20-13-14-5-3-4-6-14/h7-10,14,17,19H,2-6,11-13H2,1H3. The van der Waals surface area contributed by atoms with Crippen LogP contribution in [0.3, 0.4) is 0 Å². The van der Waals surface area contributed by atoms with Crippen molar-refractivity contribution in [3.63, 3.8) is 0 Å². The first-order valence-corrected chi connectivity index (χ1v) is 8.25. The first-order chi connectivity index (χ1) is 9.79. The van der Waals surface area contributed by atoms with E-state index in [1.54, 1.807) is 0 Å². The Morgan fingerprint density at radius 2 is 1.95 bits per heavy atom. The molecule has 20 heavy (non-hydrogen) atoms. The molecule has 1 aliphatic carbocycles. The molecule has 0 saturated heterocycles. The van der Waals surface area contributed by atoms with Crippen LogP contribution in [0.1, 0.15) is 50.7 Å². The molecule has 0 heterocycles. The van der Waals surface area contributed by atoms with Crippen LogP contribution < -0.4 is 5.32 Å². The van der Waals surface area contributed by atoms with Crippen molar-refractivity contribution in [3.05, 3.63) is 34.9 Å². The predicted octanol–water partition coefficient (Wildman–Crippen LogP) is 4.59. The summed E-state index contributed by atoms with van der Waals surface area (Å²) in [6.07, 6.45) is 6.68. The molecule has 2 rings (SSSR count). The lowest BCUT2D eigenvalue weighted by Crippen LogP contribution is -2.25. The fourth-order valence-corrected chi connectivity index (χ4v) is 2.92.